The van der Waals surface area contributed by atoms with E-state index in [-0.39, 0.29) is 6.03 Å². The third-order valence-corrected chi connectivity index (χ3v) is 4.00. The van der Waals surface area contributed by atoms with Crippen molar-refractivity contribution < 1.29 is 4.79 Å². The molecule has 1 saturated carbocycles. The second-order valence-electron chi connectivity index (χ2n) is 5.19. The van der Waals surface area contributed by atoms with Crippen molar-refractivity contribution in [3.8, 4) is 0 Å². The number of amides is 2. The maximum atomic E-state index is 11.9. The Morgan fingerprint density at radius 3 is 2.47 bits per heavy atom. The van der Waals surface area contributed by atoms with Crippen molar-refractivity contribution in [1.29, 1.82) is 0 Å². The fraction of sp³-hybridized carbons (Fsp3) is 0.917. The fourth-order valence-electron chi connectivity index (χ4n) is 2.33. The summed E-state index contributed by atoms with van der Waals surface area (Å²) < 4.78 is 0. The minimum Gasteiger partial charge on any atom is -0.335 e. The predicted octanol–water partition coefficient (Wildman–Crippen LogP) is 0.213. The molecule has 3 N–H and O–H groups in total. The summed E-state index contributed by atoms with van der Waals surface area (Å²) in [7, 11) is 0. The summed E-state index contributed by atoms with van der Waals surface area (Å²) in [6.45, 7) is 6.36. The zero-order chi connectivity index (χ0) is 12.3. The molecular weight excluding hydrogens is 216 g/mol. The average Bonchev–Trinajstić information content (AvgIpc) is 2.32. The lowest BCUT2D eigenvalue weighted by molar-refractivity contribution is 0.113. The Bertz CT molecular complexity index is 259. The molecule has 2 amide bonds. The van der Waals surface area contributed by atoms with E-state index < -0.39 is 0 Å². The van der Waals surface area contributed by atoms with Crippen LogP contribution in [-0.2, 0) is 0 Å². The molecule has 2 rings (SSSR count). The Balaban J connectivity index is 1.72. The van der Waals surface area contributed by atoms with Crippen molar-refractivity contribution in [3.05, 3.63) is 0 Å². The van der Waals surface area contributed by atoms with Crippen molar-refractivity contribution in [3.63, 3.8) is 0 Å². The van der Waals surface area contributed by atoms with Gasteiger partial charge in [-0.15, -0.1) is 0 Å². The van der Waals surface area contributed by atoms with Crippen molar-refractivity contribution in [1.82, 2.24) is 15.1 Å². The molecule has 1 aliphatic carbocycles. The highest BCUT2D eigenvalue weighted by Crippen LogP contribution is 2.18. The van der Waals surface area contributed by atoms with E-state index in [1.807, 2.05) is 4.90 Å². The molecule has 2 fully saturated rings. The van der Waals surface area contributed by atoms with Crippen LogP contribution in [0, 0.1) is 0 Å². The first-order valence-electron chi connectivity index (χ1n) is 6.70. The van der Waals surface area contributed by atoms with Gasteiger partial charge >= 0.3 is 6.03 Å². The molecule has 5 nitrogen and oxygen atoms in total. The lowest BCUT2D eigenvalue weighted by Gasteiger charge is -2.38. The van der Waals surface area contributed by atoms with Gasteiger partial charge in [0.15, 0.2) is 0 Å². The monoisotopic (exact) mass is 240 g/mol. The summed E-state index contributed by atoms with van der Waals surface area (Å²) in [6.07, 6.45) is 3.55. The smallest absolute Gasteiger partial charge is 0.317 e. The first-order chi connectivity index (χ1) is 8.20. The van der Waals surface area contributed by atoms with Crippen molar-refractivity contribution >= 4 is 6.03 Å². The van der Waals surface area contributed by atoms with E-state index in [0.717, 1.165) is 39.0 Å². The van der Waals surface area contributed by atoms with Crippen LogP contribution in [0.1, 0.15) is 26.2 Å². The van der Waals surface area contributed by atoms with Crippen LogP contribution in [0.2, 0.25) is 0 Å². The molecular formula is C12H24N4O. The minimum atomic E-state index is 0.120. The fourth-order valence-corrected chi connectivity index (χ4v) is 2.33. The number of carbonyl (C=O) groups is 1. The van der Waals surface area contributed by atoms with Gasteiger partial charge in [-0.25, -0.2) is 4.79 Å². The van der Waals surface area contributed by atoms with Gasteiger partial charge in [-0.05, 0) is 26.2 Å². The first-order valence-corrected chi connectivity index (χ1v) is 6.70. The second kappa shape index (κ2) is 5.69. The Labute approximate surface area is 103 Å². The third-order valence-electron chi connectivity index (χ3n) is 4.00. The maximum absolute atomic E-state index is 11.9. The zero-order valence-electron chi connectivity index (χ0n) is 10.7. The van der Waals surface area contributed by atoms with Gasteiger partial charge in [0.1, 0.15) is 0 Å². The highest BCUT2D eigenvalue weighted by atomic mass is 16.2. The number of hydrogen-bond donors (Lipinski definition) is 2. The molecule has 17 heavy (non-hydrogen) atoms. The molecule has 0 radical (unpaired) electrons. The SMILES string of the molecule is CC(CN)N1CCN(C(=O)NC2CCC2)CC1. The summed E-state index contributed by atoms with van der Waals surface area (Å²) in [5, 5.41) is 3.09. The van der Waals surface area contributed by atoms with Crippen molar-refractivity contribution in [2.45, 2.75) is 38.3 Å². The minimum absolute atomic E-state index is 0.120. The van der Waals surface area contributed by atoms with Gasteiger partial charge in [0.2, 0.25) is 0 Å². The van der Waals surface area contributed by atoms with Crippen LogP contribution in [0.25, 0.3) is 0 Å². The average molecular weight is 240 g/mol. The lowest BCUT2D eigenvalue weighted by Crippen LogP contribution is -2.56. The largest absolute Gasteiger partial charge is 0.335 e. The summed E-state index contributed by atoms with van der Waals surface area (Å²) in [4.78, 5) is 16.2. The number of piperazine rings is 1. The number of urea groups is 1. The summed E-state index contributed by atoms with van der Waals surface area (Å²) in [6, 6.07) is 0.977. The Morgan fingerprint density at radius 1 is 1.35 bits per heavy atom. The van der Waals surface area contributed by atoms with Gasteiger partial charge in [-0.2, -0.15) is 0 Å². The molecule has 1 aliphatic heterocycles. The van der Waals surface area contributed by atoms with E-state index in [4.69, 9.17) is 5.73 Å². The van der Waals surface area contributed by atoms with Gasteiger partial charge in [0.05, 0.1) is 0 Å². The van der Waals surface area contributed by atoms with Crippen molar-refractivity contribution in [2.24, 2.45) is 5.73 Å². The van der Waals surface area contributed by atoms with Crippen LogP contribution in [0.15, 0.2) is 0 Å². The molecule has 98 valence electrons. The van der Waals surface area contributed by atoms with Crippen LogP contribution in [-0.4, -0.2) is 60.6 Å². The summed E-state index contributed by atoms with van der Waals surface area (Å²) >= 11 is 0. The highest BCUT2D eigenvalue weighted by Gasteiger charge is 2.26. The van der Waals surface area contributed by atoms with Gasteiger partial charge in [0, 0.05) is 44.8 Å². The predicted molar refractivity (Wildman–Crippen MR) is 67.8 cm³/mol. The maximum Gasteiger partial charge on any atom is 0.317 e. The van der Waals surface area contributed by atoms with E-state index in [9.17, 15) is 4.79 Å². The quantitative estimate of drug-likeness (QED) is 0.741. The van der Waals surface area contributed by atoms with Crippen LogP contribution >= 0.6 is 0 Å². The standard InChI is InChI=1S/C12H24N4O/c1-10(9-13)15-5-7-16(8-6-15)12(17)14-11-3-2-4-11/h10-11H,2-9,13H2,1H3,(H,14,17). The van der Waals surface area contributed by atoms with Gasteiger partial charge in [-0.3, -0.25) is 4.90 Å². The third kappa shape index (κ3) is 3.10. The van der Waals surface area contributed by atoms with Gasteiger partial charge in [0.25, 0.3) is 0 Å². The molecule has 1 unspecified atom stereocenters. The molecule has 1 atom stereocenters. The Hall–Kier alpha value is -0.810. The zero-order valence-corrected chi connectivity index (χ0v) is 10.7. The van der Waals surface area contributed by atoms with E-state index in [1.54, 1.807) is 0 Å². The topological polar surface area (TPSA) is 61.6 Å². The van der Waals surface area contributed by atoms with Crippen LogP contribution in [0.3, 0.4) is 0 Å². The van der Waals surface area contributed by atoms with Gasteiger partial charge < -0.3 is 16.0 Å². The van der Waals surface area contributed by atoms with E-state index >= 15 is 0 Å². The number of rotatable bonds is 3. The first kappa shape index (κ1) is 12.6. The van der Waals surface area contributed by atoms with E-state index in [1.165, 1.54) is 6.42 Å². The number of hydrogen-bond acceptors (Lipinski definition) is 3. The summed E-state index contributed by atoms with van der Waals surface area (Å²) in [5.74, 6) is 0. The number of nitrogens with zero attached hydrogens (tertiary/aromatic N) is 2. The molecule has 1 heterocycles. The molecule has 0 aromatic rings. The highest BCUT2D eigenvalue weighted by molar-refractivity contribution is 5.74. The molecule has 5 heteroatoms. The van der Waals surface area contributed by atoms with Crippen LogP contribution < -0.4 is 11.1 Å². The van der Waals surface area contributed by atoms with Crippen molar-refractivity contribution in [2.75, 3.05) is 32.7 Å². The van der Waals surface area contributed by atoms with E-state index in [0.29, 0.717) is 18.6 Å². The Morgan fingerprint density at radius 2 is 2.00 bits per heavy atom. The van der Waals surface area contributed by atoms with E-state index in [2.05, 4.69) is 17.1 Å². The molecule has 0 aromatic carbocycles. The number of carbonyl (C=O) groups excluding carboxylic acids is 1. The summed E-state index contributed by atoms with van der Waals surface area (Å²) in [5.41, 5.74) is 5.65. The van der Waals surface area contributed by atoms with Gasteiger partial charge in [-0.1, -0.05) is 0 Å². The normalized spacial score (nSPS) is 24.2. The molecule has 0 bridgehead atoms. The van der Waals surface area contributed by atoms with Crippen LogP contribution in [0.5, 0.6) is 0 Å². The Kier molecular flexibility index (Phi) is 4.23. The number of nitrogens with one attached hydrogen (secondary N) is 1. The molecule has 1 saturated heterocycles. The lowest BCUT2D eigenvalue weighted by atomic mass is 9.93. The molecule has 0 aromatic heterocycles. The number of nitrogens with two attached hydrogens (primary N) is 1. The second-order valence-corrected chi connectivity index (χ2v) is 5.19. The van der Waals surface area contributed by atoms with Crippen LogP contribution in [0.4, 0.5) is 4.79 Å². The molecule has 2 aliphatic rings. The molecule has 0 spiro atoms.